The summed E-state index contributed by atoms with van der Waals surface area (Å²) in [4.78, 5) is 14.8. The highest BCUT2D eigenvalue weighted by atomic mass is 32.2. The molecule has 1 aliphatic heterocycles. The first-order valence-corrected chi connectivity index (χ1v) is 10.9. The smallest absolute Gasteiger partial charge is 0.264 e. The van der Waals surface area contributed by atoms with Gasteiger partial charge in [-0.25, -0.2) is 8.42 Å². The Morgan fingerprint density at radius 3 is 2.43 bits per heavy atom. The molecule has 6 nitrogen and oxygen atoms in total. The van der Waals surface area contributed by atoms with E-state index in [1.807, 2.05) is 0 Å². The van der Waals surface area contributed by atoms with Crippen LogP contribution in [0.25, 0.3) is 0 Å². The van der Waals surface area contributed by atoms with Crippen LogP contribution in [0.5, 0.6) is 5.75 Å². The van der Waals surface area contributed by atoms with Crippen molar-refractivity contribution in [1.29, 1.82) is 0 Å². The monoisotopic (exact) mass is 402 g/mol. The normalized spacial score (nSPS) is 15.3. The number of sulfonamides is 1. The Morgan fingerprint density at radius 2 is 1.79 bits per heavy atom. The maximum absolute atomic E-state index is 13.3. The lowest BCUT2D eigenvalue weighted by molar-refractivity contribution is -0.130. The van der Waals surface area contributed by atoms with Gasteiger partial charge in [0.1, 0.15) is 12.3 Å². The number of ether oxygens (including phenoxy) is 1. The van der Waals surface area contributed by atoms with Crippen LogP contribution in [0.4, 0.5) is 5.69 Å². The van der Waals surface area contributed by atoms with Crippen LogP contribution in [0.2, 0.25) is 0 Å². The van der Waals surface area contributed by atoms with Crippen LogP contribution in [0.15, 0.2) is 59.5 Å². The molecule has 0 N–H and O–H groups in total. The summed E-state index contributed by atoms with van der Waals surface area (Å²) in [5.74, 6) is 0.936. The molecule has 7 heteroatoms. The SMILES string of the molecule is COc1cccc(N(CC(=O)N2CCC(C)CC2)S(=O)(=O)c2ccccc2)c1. The number of anilines is 1. The molecule has 0 bridgehead atoms. The molecule has 1 heterocycles. The van der Waals surface area contributed by atoms with E-state index in [1.165, 1.54) is 23.5 Å². The van der Waals surface area contributed by atoms with Gasteiger partial charge in [-0.3, -0.25) is 9.10 Å². The Labute approximate surface area is 166 Å². The summed E-state index contributed by atoms with van der Waals surface area (Å²) in [6, 6.07) is 14.9. The molecule has 2 aromatic carbocycles. The fourth-order valence-corrected chi connectivity index (χ4v) is 4.71. The molecule has 3 rings (SSSR count). The number of carbonyl (C=O) groups is 1. The van der Waals surface area contributed by atoms with Crippen LogP contribution in [-0.4, -0.2) is 46.0 Å². The number of carbonyl (C=O) groups excluding carboxylic acids is 1. The van der Waals surface area contributed by atoms with E-state index in [0.717, 1.165) is 12.8 Å². The average Bonchev–Trinajstić information content (AvgIpc) is 2.73. The number of rotatable bonds is 6. The topological polar surface area (TPSA) is 66.9 Å². The van der Waals surface area contributed by atoms with Crippen LogP contribution in [0.3, 0.4) is 0 Å². The minimum Gasteiger partial charge on any atom is -0.497 e. The molecule has 0 spiro atoms. The van der Waals surface area contributed by atoms with Crippen LogP contribution in [0, 0.1) is 5.92 Å². The Bertz CT molecular complexity index is 907. The standard InChI is InChI=1S/C21H26N2O4S/c1-17-11-13-22(14-12-17)21(24)16-23(18-7-6-8-19(15-18)27-2)28(25,26)20-9-4-3-5-10-20/h3-10,15,17H,11-14,16H2,1-2H3. The Kier molecular flexibility index (Phi) is 6.24. The summed E-state index contributed by atoms with van der Waals surface area (Å²) in [6.07, 6.45) is 1.88. The third-order valence-electron chi connectivity index (χ3n) is 5.09. The highest BCUT2D eigenvalue weighted by Gasteiger charge is 2.30. The first kappa shape index (κ1) is 20.2. The van der Waals surface area contributed by atoms with Gasteiger partial charge >= 0.3 is 0 Å². The lowest BCUT2D eigenvalue weighted by Crippen LogP contribution is -2.45. The minimum atomic E-state index is -3.89. The molecule has 28 heavy (non-hydrogen) atoms. The molecule has 1 saturated heterocycles. The molecule has 1 fully saturated rings. The second-order valence-corrected chi connectivity index (χ2v) is 8.95. The predicted molar refractivity (Wildman–Crippen MR) is 109 cm³/mol. The Balaban J connectivity index is 1.94. The van der Waals surface area contributed by atoms with Gasteiger partial charge in [-0.1, -0.05) is 31.2 Å². The van der Waals surface area contributed by atoms with Crippen molar-refractivity contribution < 1.29 is 17.9 Å². The van der Waals surface area contributed by atoms with Crippen molar-refractivity contribution in [2.24, 2.45) is 5.92 Å². The van der Waals surface area contributed by atoms with Crippen LogP contribution in [0.1, 0.15) is 19.8 Å². The molecule has 0 aromatic heterocycles. The van der Waals surface area contributed by atoms with Gasteiger partial charge in [-0.05, 0) is 43.0 Å². The predicted octanol–water partition coefficient (Wildman–Crippen LogP) is 3.15. The number of hydrogen-bond acceptors (Lipinski definition) is 4. The van der Waals surface area contributed by atoms with Crippen molar-refractivity contribution in [1.82, 2.24) is 4.90 Å². The molecular weight excluding hydrogens is 376 g/mol. The summed E-state index contributed by atoms with van der Waals surface area (Å²) >= 11 is 0. The van der Waals surface area contributed by atoms with E-state index >= 15 is 0 Å². The minimum absolute atomic E-state index is 0.151. The summed E-state index contributed by atoms with van der Waals surface area (Å²) < 4.78 is 33.0. The van der Waals surface area contributed by atoms with Gasteiger partial charge < -0.3 is 9.64 Å². The molecule has 0 aliphatic carbocycles. The van der Waals surface area contributed by atoms with Crippen molar-refractivity contribution in [3.8, 4) is 5.75 Å². The fourth-order valence-electron chi connectivity index (χ4n) is 3.28. The molecule has 0 atom stereocenters. The van der Waals surface area contributed by atoms with Crippen molar-refractivity contribution >= 4 is 21.6 Å². The lowest BCUT2D eigenvalue weighted by Gasteiger charge is -2.32. The van der Waals surface area contributed by atoms with Crippen LogP contribution >= 0.6 is 0 Å². The second-order valence-electron chi connectivity index (χ2n) is 7.09. The van der Waals surface area contributed by atoms with E-state index in [1.54, 1.807) is 47.4 Å². The molecule has 0 unspecified atom stereocenters. The number of methoxy groups -OCH3 is 1. The number of hydrogen-bond donors (Lipinski definition) is 0. The van der Waals surface area contributed by atoms with Gasteiger partial charge in [0.05, 0.1) is 17.7 Å². The number of likely N-dealkylation sites (tertiary alicyclic amines) is 1. The van der Waals surface area contributed by atoms with E-state index in [-0.39, 0.29) is 17.3 Å². The zero-order chi connectivity index (χ0) is 20.1. The third kappa shape index (κ3) is 4.47. The molecule has 1 amide bonds. The van der Waals surface area contributed by atoms with Crippen LogP contribution < -0.4 is 9.04 Å². The zero-order valence-electron chi connectivity index (χ0n) is 16.2. The van der Waals surface area contributed by atoms with Gasteiger partial charge in [0.25, 0.3) is 10.0 Å². The molecule has 0 radical (unpaired) electrons. The van der Waals surface area contributed by atoms with E-state index in [4.69, 9.17) is 4.74 Å². The van der Waals surface area contributed by atoms with Gasteiger partial charge in [0.2, 0.25) is 5.91 Å². The van der Waals surface area contributed by atoms with Crippen molar-refractivity contribution in [3.05, 3.63) is 54.6 Å². The van der Waals surface area contributed by atoms with Gasteiger partial charge in [0, 0.05) is 19.2 Å². The van der Waals surface area contributed by atoms with E-state index in [9.17, 15) is 13.2 Å². The van der Waals surface area contributed by atoms with Gasteiger partial charge in [-0.2, -0.15) is 0 Å². The largest absolute Gasteiger partial charge is 0.497 e. The molecular formula is C21H26N2O4S. The quantitative estimate of drug-likeness (QED) is 0.744. The van der Waals surface area contributed by atoms with E-state index in [2.05, 4.69) is 6.92 Å². The Hall–Kier alpha value is -2.54. The molecule has 1 aliphatic rings. The van der Waals surface area contributed by atoms with E-state index < -0.39 is 10.0 Å². The highest BCUT2D eigenvalue weighted by Crippen LogP contribution is 2.27. The molecule has 0 saturated carbocycles. The third-order valence-corrected chi connectivity index (χ3v) is 6.88. The summed E-state index contributed by atoms with van der Waals surface area (Å²) in [5.41, 5.74) is 0.405. The summed E-state index contributed by atoms with van der Waals surface area (Å²) in [7, 11) is -2.37. The van der Waals surface area contributed by atoms with Crippen molar-refractivity contribution in [2.45, 2.75) is 24.7 Å². The maximum Gasteiger partial charge on any atom is 0.264 e. The first-order chi connectivity index (χ1) is 13.4. The van der Waals surface area contributed by atoms with Crippen molar-refractivity contribution in [2.75, 3.05) is 31.0 Å². The Morgan fingerprint density at radius 1 is 1.11 bits per heavy atom. The highest BCUT2D eigenvalue weighted by molar-refractivity contribution is 7.92. The summed E-state index contributed by atoms with van der Waals surface area (Å²) in [5, 5.41) is 0. The molecule has 2 aromatic rings. The number of amides is 1. The fraction of sp³-hybridized carbons (Fsp3) is 0.381. The first-order valence-electron chi connectivity index (χ1n) is 9.41. The number of piperidine rings is 1. The lowest BCUT2D eigenvalue weighted by atomic mass is 9.99. The van der Waals surface area contributed by atoms with Crippen molar-refractivity contribution in [3.63, 3.8) is 0 Å². The molecule has 150 valence electrons. The average molecular weight is 403 g/mol. The van der Waals surface area contributed by atoms with E-state index in [0.29, 0.717) is 30.4 Å². The van der Waals surface area contributed by atoms with Gasteiger partial charge in [0.15, 0.2) is 0 Å². The maximum atomic E-state index is 13.3. The number of nitrogens with zero attached hydrogens (tertiary/aromatic N) is 2. The second kappa shape index (κ2) is 8.65. The summed E-state index contributed by atoms with van der Waals surface area (Å²) in [6.45, 7) is 3.26. The zero-order valence-corrected chi connectivity index (χ0v) is 17.1. The van der Waals surface area contributed by atoms with Gasteiger partial charge in [-0.15, -0.1) is 0 Å². The number of benzene rings is 2. The van der Waals surface area contributed by atoms with Crippen LogP contribution in [-0.2, 0) is 14.8 Å².